The quantitative estimate of drug-likeness (QED) is 0.850. The van der Waals surface area contributed by atoms with Gasteiger partial charge in [0.25, 0.3) is 0 Å². The lowest BCUT2D eigenvalue weighted by molar-refractivity contribution is -0.116. The normalized spacial score (nSPS) is 10.1. The predicted molar refractivity (Wildman–Crippen MR) is 73.4 cm³/mol. The third-order valence-corrected chi connectivity index (χ3v) is 2.79. The summed E-state index contributed by atoms with van der Waals surface area (Å²) in [7, 11) is 1.30. The molecule has 0 saturated carbocycles. The van der Waals surface area contributed by atoms with E-state index in [1.165, 1.54) is 7.11 Å². The number of esters is 1. The van der Waals surface area contributed by atoms with Crippen molar-refractivity contribution in [3.05, 3.63) is 54.0 Å². The summed E-state index contributed by atoms with van der Waals surface area (Å²) >= 11 is 0. The highest BCUT2D eigenvalue weighted by Crippen LogP contribution is 2.16. The van der Waals surface area contributed by atoms with Gasteiger partial charge >= 0.3 is 5.97 Å². The first-order chi connectivity index (χ1) is 9.70. The van der Waals surface area contributed by atoms with Crippen molar-refractivity contribution in [2.75, 3.05) is 12.4 Å². The fourth-order valence-corrected chi connectivity index (χ4v) is 1.78. The van der Waals surface area contributed by atoms with Crippen LogP contribution in [0.5, 0.6) is 0 Å². The van der Waals surface area contributed by atoms with Crippen molar-refractivity contribution < 1.29 is 18.7 Å². The van der Waals surface area contributed by atoms with Crippen molar-refractivity contribution in [1.82, 2.24) is 0 Å². The molecule has 1 N–H and O–H groups in total. The molecule has 0 aliphatic rings. The van der Waals surface area contributed by atoms with E-state index in [1.54, 1.807) is 36.6 Å². The first-order valence-electron chi connectivity index (χ1n) is 6.20. The number of ether oxygens (including phenoxy) is 1. The Morgan fingerprint density at radius 1 is 1.20 bits per heavy atom. The fourth-order valence-electron chi connectivity index (χ4n) is 1.78. The zero-order valence-electron chi connectivity index (χ0n) is 11.1. The number of rotatable bonds is 5. The maximum absolute atomic E-state index is 11.9. The molecule has 2 aromatic rings. The molecule has 1 aromatic heterocycles. The van der Waals surface area contributed by atoms with Gasteiger partial charge < -0.3 is 14.5 Å². The number of carbonyl (C=O) groups is 2. The van der Waals surface area contributed by atoms with E-state index in [0.29, 0.717) is 17.7 Å². The molecule has 0 aliphatic carbocycles. The lowest BCUT2D eigenvalue weighted by Gasteiger charge is -2.09. The van der Waals surface area contributed by atoms with Crippen molar-refractivity contribution in [3.63, 3.8) is 0 Å². The molecule has 20 heavy (non-hydrogen) atoms. The molecular formula is C15H15NO4. The average Bonchev–Trinajstić information content (AvgIpc) is 2.98. The zero-order valence-corrected chi connectivity index (χ0v) is 11.1. The van der Waals surface area contributed by atoms with E-state index >= 15 is 0 Å². The number of aryl methyl sites for hydroxylation is 1. The SMILES string of the molecule is COC(=O)c1ccccc1NC(=O)CCc1ccco1. The monoisotopic (exact) mass is 273 g/mol. The molecule has 0 spiro atoms. The molecule has 1 amide bonds. The van der Waals surface area contributed by atoms with Crippen molar-refractivity contribution in [2.45, 2.75) is 12.8 Å². The van der Waals surface area contributed by atoms with Crippen LogP contribution >= 0.6 is 0 Å². The lowest BCUT2D eigenvalue weighted by atomic mass is 10.1. The summed E-state index contributed by atoms with van der Waals surface area (Å²) in [5, 5.41) is 2.71. The molecule has 2 rings (SSSR count). The van der Waals surface area contributed by atoms with Gasteiger partial charge in [0, 0.05) is 12.8 Å². The molecule has 0 saturated heterocycles. The molecule has 0 radical (unpaired) electrons. The van der Waals surface area contributed by atoms with Gasteiger partial charge in [0.15, 0.2) is 0 Å². The van der Waals surface area contributed by atoms with Crippen LogP contribution in [0, 0.1) is 0 Å². The van der Waals surface area contributed by atoms with Gasteiger partial charge in [-0.25, -0.2) is 4.79 Å². The summed E-state index contributed by atoms with van der Waals surface area (Å²) in [5.74, 6) is 0.0890. The summed E-state index contributed by atoms with van der Waals surface area (Å²) in [6, 6.07) is 10.3. The number of nitrogens with one attached hydrogen (secondary N) is 1. The first kappa shape index (κ1) is 13.9. The number of para-hydroxylation sites is 1. The number of hydrogen-bond donors (Lipinski definition) is 1. The van der Waals surface area contributed by atoms with Crippen molar-refractivity contribution >= 4 is 17.6 Å². The van der Waals surface area contributed by atoms with Gasteiger partial charge in [-0.15, -0.1) is 0 Å². The fraction of sp³-hybridized carbons (Fsp3) is 0.200. The molecule has 0 bridgehead atoms. The highest BCUT2D eigenvalue weighted by molar-refractivity contribution is 6.01. The molecule has 0 aliphatic heterocycles. The largest absolute Gasteiger partial charge is 0.469 e. The number of benzene rings is 1. The number of hydrogen-bond acceptors (Lipinski definition) is 4. The van der Waals surface area contributed by atoms with Crippen LogP contribution in [0.15, 0.2) is 47.1 Å². The van der Waals surface area contributed by atoms with E-state index in [1.807, 2.05) is 6.07 Å². The van der Waals surface area contributed by atoms with Crippen LogP contribution in [-0.2, 0) is 16.0 Å². The summed E-state index contributed by atoms with van der Waals surface area (Å²) < 4.78 is 9.83. The van der Waals surface area contributed by atoms with Crippen LogP contribution < -0.4 is 5.32 Å². The number of anilines is 1. The van der Waals surface area contributed by atoms with Gasteiger partial charge in [-0.3, -0.25) is 4.79 Å². The Balaban J connectivity index is 1.99. The maximum Gasteiger partial charge on any atom is 0.339 e. The third kappa shape index (κ3) is 3.47. The standard InChI is InChI=1S/C15H15NO4/c1-19-15(18)12-6-2-3-7-13(12)16-14(17)9-8-11-5-4-10-20-11/h2-7,10H,8-9H2,1H3,(H,16,17). The van der Waals surface area contributed by atoms with E-state index in [0.717, 1.165) is 5.76 Å². The third-order valence-electron chi connectivity index (χ3n) is 2.79. The minimum Gasteiger partial charge on any atom is -0.469 e. The summed E-state index contributed by atoms with van der Waals surface area (Å²) in [5.41, 5.74) is 0.783. The minimum atomic E-state index is -0.480. The second-order valence-corrected chi connectivity index (χ2v) is 4.16. The van der Waals surface area contributed by atoms with Crippen molar-refractivity contribution in [1.29, 1.82) is 0 Å². The van der Waals surface area contributed by atoms with E-state index in [9.17, 15) is 9.59 Å². The van der Waals surface area contributed by atoms with Crippen LogP contribution in [0.4, 0.5) is 5.69 Å². The summed E-state index contributed by atoms with van der Waals surface area (Å²) in [6.45, 7) is 0. The van der Waals surface area contributed by atoms with E-state index in [4.69, 9.17) is 4.42 Å². The molecule has 1 heterocycles. The second-order valence-electron chi connectivity index (χ2n) is 4.16. The zero-order chi connectivity index (χ0) is 14.4. The smallest absolute Gasteiger partial charge is 0.339 e. The molecule has 5 nitrogen and oxygen atoms in total. The van der Waals surface area contributed by atoms with Gasteiger partial charge in [0.05, 0.1) is 24.6 Å². The minimum absolute atomic E-state index is 0.183. The van der Waals surface area contributed by atoms with Crippen LogP contribution in [0.25, 0.3) is 0 Å². The predicted octanol–water partition coefficient (Wildman–Crippen LogP) is 2.64. The number of furan rings is 1. The van der Waals surface area contributed by atoms with Gasteiger partial charge in [-0.1, -0.05) is 12.1 Å². The Hall–Kier alpha value is -2.56. The summed E-state index contributed by atoms with van der Waals surface area (Å²) in [6.07, 6.45) is 2.36. The van der Waals surface area contributed by atoms with Crippen LogP contribution in [0.1, 0.15) is 22.5 Å². The molecule has 0 unspecified atom stereocenters. The maximum atomic E-state index is 11.9. The van der Waals surface area contributed by atoms with Crippen LogP contribution in [-0.4, -0.2) is 19.0 Å². The van der Waals surface area contributed by atoms with Crippen LogP contribution in [0.3, 0.4) is 0 Å². The number of amides is 1. The Bertz CT molecular complexity index is 590. The van der Waals surface area contributed by atoms with Crippen molar-refractivity contribution in [3.8, 4) is 0 Å². The Morgan fingerprint density at radius 2 is 2.00 bits per heavy atom. The molecular weight excluding hydrogens is 258 g/mol. The van der Waals surface area contributed by atoms with Gasteiger partial charge in [-0.2, -0.15) is 0 Å². The van der Waals surface area contributed by atoms with E-state index in [-0.39, 0.29) is 12.3 Å². The Kier molecular flexibility index (Phi) is 4.55. The molecule has 1 aromatic carbocycles. The topological polar surface area (TPSA) is 68.5 Å². The van der Waals surface area contributed by atoms with E-state index < -0.39 is 5.97 Å². The first-order valence-corrected chi connectivity index (χ1v) is 6.20. The second kappa shape index (κ2) is 6.56. The Morgan fingerprint density at radius 3 is 2.70 bits per heavy atom. The number of methoxy groups -OCH3 is 1. The lowest BCUT2D eigenvalue weighted by Crippen LogP contribution is -2.15. The molecule has 0 atom stereocenters. The molecule has 104 valence electrons. The van der Waals surface area contributed by atoms with Gasteiger partial charge in [-0.05, 0) is 24.3 Å². The van der Waals surface area contributed by atoms with E-state index in [2.05, 4.69) is 10.1 Å². The average molecular weight is 273 g/mol. The highest BCUT2D eigenvalue weighted by Gasteiger charge is 2.13. The Labute approximate surface area is 116 Å². The van der Waals surface area contributed by atoms with Crippen molar-refractivity contribution in [2.24, 2.45) is 0 Å². The van der Waals surface area contributed by atoms with Gasteiger partial charge in [0.2, 0.25) is 5.91 Å². The summed E-state index contributed by atoms with van der Waals surface area (Å²) in [4.78, 5) is 23.4. The molecule has 5 heteroatoms. The molecule has 0 fully saturated rings. The number of carbonyl (C=O) groups excluding carboxylic acids is 2. The van der Waals surface area contributed by atoms with Gasteiger partial charge in [0.1, 0.15) is 5.76 Å². The van der Waals surface area contributed by atoms with Crippen LogP contribution in [0.2, 0.25) is 0 Å². The highest BCUT2D eigenvalue weighted by atomic mass is 16.5.